The molecular formula is C18H20N2O. The quantitative estimate of drug-likeness (QED) is 0.885. The third-order valence-corrected chi connectivity index (χ3v) is 4.05. The number of benzene rings is 2. The topological polar surface area (TPSA) is 32.3 Å². The number of hydrogen-bond donors (Lipinski definition) is 1. The van der Waals surface area contributed by atoms with Crippen molar-refractivity contribution < 1.29 is 4.79 Å². The number of aryl methyl sites for hydroxylation is 1. The highest BCUT2D eigenvalue weighted by Crippen LogP contribution is 2.27. The summed E-state index contributed by atoms with van der Waals surface area (Å²) in [5.41, 5.74) is 3.37. The van der Waals surface area contributed by atoms with Crippen molar-refractivity contribution in [1.29, 1.82) is 0 Å². The molecule has 0 aliphatic carbocycles. The van der Waals surface area contributed by atoms with E-state index in [2.05, 4.69) is 29.6 Å². The summed E-state index contributed by atoms with van der Waals surface area (Å²) in [7, 11) is 0. The van der Waals surface area contributed by atoms with Crippen molar-refractivity contribution in [3.05, 3.63) is 65.7 Å². The predicted molar refractivity (Wildman–Crippen MR) is 85.6 cm³/mol. The SMILES string of the molecule is Cc1ccc(NC(=O)N2CCC(c3ccccc3)C2)cc1. The first kappa shape index (κ1) is 13.7. The number of carbonyl (C=O) groups is 1. The average Bonchev–Trinajstić information content (AvgIpc) is 3.00. The molecule has 2 aromatic rings. The summed E-state index contributed by atoms with van der Waals surface area (Å²) in [6, 6.07) is 18.3. The van der Waals surface area contributed by atoms with Crippen molar-refractivity contribution in [1.82, 2.24) is 4.90 Å². The van der Waals surface area contributed by atoms with Gasteiger partial charge in [-0.3, -0.25) is 0 Å². The van der Waals surface area contributed by atoms with E-state index < -0.39 is 0 Å². The molecule has 0 spiro atoms. The number of rotatable bonds is 2. The van der Waals surface area contributed by atoms with Gasteiger partial charge in [0.05, 0.1) is 0 Å². The Balaban J connectivity index is 1.61. The van der Waals surface area contributed by atoms with Crippen LogP contribution in [-0.2, 0) is 0 Å². The molecule has 1 atom stereocenters. The normalized spacial score (nSPS) is 17.8. The molecule has 3 rings (SSSR count). The second kappa shape index (κ2) is 6.00. The van der Waals surface area contributed by atoms with Crippen molar-refractivity contribution in [2.24, 2.45) is 0 Å². The van der Waals surface area contributed by atoms with E-state index in [4.69, 9.17) is 0 Å². The molecule has 0 saturated carbocycles. The average molecular weight is 280 g/mol. The summed E-state index contributed by atoms with van der Waals surface area (Å²) in [5, 5.41) is 2.97. The Hall–Kier alpha value is -2.29. The molecule has 21 heavy (non-hydrogen) atoms. The van der Waals surface area contributed by atoms with Crippen LogP contribution in [0.5, 0.6) is 0 Å². The molecule has 0 bridgehead atoms. The molecule has 3 nitrogen and oxygen atoms in total. The maximum Gasteiger partial charge on any atom is 0.321 e. The summed E-state index contributed by atoms with van der Waals surface area (Å²) in [6.45, 7) is 3.65. The van der Waals surface area contributed by atoms with Gasteiger partial charge in [0.25, 0.3) is 0 Å². The van der Waals surface area contributed by atoms with Gasteiger partial charge in [0, 0.05) is 24.7 Å². The Morgan fingerprint density at radius 1 is 1.10 bits per heavy atom. The van der Waals surface area contributed by atoms with Crippen molar-refractivity contribution >= 4 is 11.7 Å². The summed E-state index contributed by atoms with van der Waals surface area (Å²) in [5.74, 6) is 0.454. The number of hydrogen-bond acceptors (Lipinski definition) is 1. The molecule has 2 amide bonds. The van der Waals surface area contributed by atoms with Crippen LogP contribution >= 0.6 is 0 Å². The van der Waals surface area contributed by atoms with E-state index in [1.165, 1.54) is 11.1 Å². The van der Waals surface area contributed by atoms with E-state index >= 15 is 0 Å². The van der Waals surface area contributed by atoms with E-state index in [9.17, 15) is 4.79 Å². The van der Waals surface area contributed by atoms with Crippen LogP contribution in [0.3, 0.4) is 0 Å². The second-order valence-corrected chi connectivity index (χ2v) is 5.64. The van der Waals surface area contributed by atoms with E-state index in [1.54, 1.807) is 0 Å². The van der Waals surface area contributed by atoms with Crippen LogP contribution in [0.1, 0.15) is 23.5 Å². The van der Waals surface area contributed by atoms with Gasteiger partial charge in [-0.1, -0.05) is 48.0 Å². The van der Waals surface area contributed by atoms with Gasteiger partial charge >= 0.3 is 6.03 Å². The fourth-order valence-electron chi connectivity index (χ4n) is 2.78. The van der Waals surface area contributed by atoms with Crippen molar-refractivity contribution in [2.45, 2.75) is 19.3 Å². The maximum absolute atomic E-state index is 12.3. The molecule has 1 fully saturated rings. The lowest BCUT2D eigenvalue weighted by atomic mass is 9.99. The molecule has 1 heterocycles. The summed E-state index contributed by atoms with van der Waals surface area (Å²) < 4.78 is 0. The van der Waals surface area contributed by atoms with Crippen LogP contribution in [0.2, 0.25) is 0 Å². The van der Waals surface area contributed by atoms with Crippen LogP contribution in [-0.4, -0.2) is 24.0 Å². The van der Waals surface area contributed by atoms with Gasteiger partial charge < -0.3 is 10.2 Å². The lowest BCUT2D eigenvalue weighted by Gasteiger charge is -2.17. The van der Waals surface area contributed by atoms with Crippen molar-refractivity contribution in [3.63, 3.8) is 0 Å². The highest BCUT2D eigenvalue weighted by atomic mass is 16.2. The fraction of sp³-hybridized carbons (Fsp3) is 0.278. The van der Waals surface area contributed by atoms with Crippen LogP contribution < -0.4 is 5.32 Å². The third kappa shape index (κ3) is 3.24. The van der Waals surface area contributed by atoms with Gasteiger partial charge in [-0.25, -0.2) is 4.79 Å². The molecule has 0 aromatic heterocycles. The van der Waals surface area contributed by atoms with Crippen LogP contribution in [0.4, 0.5) is 10.5 Å². The number of likely N-dealkylation sites (tertiary alicyclic amines) is 1. The Kier molecular flexibility index (Phi) is 3.91. The predicted octanol–water partition coefficient (Wildman–Crippen LogP) is 4.02. The number of urea groups is 1. The van der Waals surface area contributed by atoms with Gasteiger partial charge in [-0.15, -0.1) is 0 Å². The minimum atomic E-state index is -0.00251. The van der Waals surface area contributed by atoms with Gasteiger partial charge in [-0.05, 0) is 31.0 Å². The van der Waals surface area contributed by atoms with Crippen molar-refractivity contribution in [2.75, 3.05) is 18.4 Å². The summed E-state index contributed by atoms with van der Waals surface area (Å²) >= 11 is 0. The molecule has 0 radical (unpaired) electrons. The largest absolute Gasteiger partial charge is 0.324 e. The van der Waals surface area contributed by atoms with Gasteiger partial charge in [-0.2, -0.15) is 0 Å². The lowest BCUT2D eigenvalue weighted by molar-refractivity contribution is 0.222. The third-order valence-electron chi connectivity index (χ3n) is 4.05. The number of nitrogens with one attached hydrogen (secondary N) is 1. The van der Waals surface area contributed by atoms with E-state index in [1.807, 2.05) is 42.2 Å². The smallest absolute Gasteiger partial charge is 0.321 e. The summed E-state index contributed by atoms with van der Waals surface area (Å²) in [6.07, 6.45) is 1.03. The number of amides is 2. The Bertz CT molecular complexity index is 607. The molecule has 2 aromatic carbocycles. The summed E-state index contributed by atoms with van der Waals surface area (Å²) in [4.78, 5) is 14.2. The Labute approximate surface area is 125 Å². The first-order chi connectivity index (χ1) is 10.2. The zero-order valence-corrected chi connectivity index (χ0v) is 12.3. The highest BCUT2D eigenvalue weighted by molar-refractivity contribution is 5.89. The number of anilines is 1. The first-order valence-electron chi connectivity index (χ1n) is 7.40. The molecule has 1 N–H and O–H groups in total. The Morgan fingerprint density at radius 3 is 2.52 bits per heavy atom. The minimum absolute atomic E-state index is 0.00251. The van der Waals surface area contributed by atoms with Crippen LogP contribution in [0, 0.1) is 6.92 Å². The maximum atomic E-state index is 12.3. The number of nitrogens with zero attached hydrogens (tertiary/aromatic N) is 1. The van der Waals surface area contributed by atoms with E-state index in [0.29, 0.717) is 5.92 Å². The molecule has 1 unspecified atom stereocenters. The van der Waals surface area contributed by atoms with Crippen molar-refractivity contribution in [3.8, 4) is 0 Å². The lowest BCUT2D eigenvalue weighted by Crippen LogP contribution is -2.32. The minimum Gasteiger partial charge on any atom is -0.324 e. The van der Waals surface area contributed by atoms with Crippen LogP contribution in [0.15, 0.2) is 54.6 Å². The van der Waals surface area contributed by atoms with Gasteiger partial charge in [0.15, 0.2) is 0 Å². The zero-order valence-electron chi connectivity index (χ0n) is 12.3. The molecule has 108 valence electrons. The van der Waals surface area contributed by atoms with Gasteiger partial charge in [0.2, 0.25) is 0 Å². The van der Waals surface area contributed by atoms with Crippen LogP contribution in [0.25, 0.3) is 0 Å². The molecule has 1 aliphatic heterocycles. The van der Waals surface area contributed by atoms with E-state index in [-0.39, 0.29) is 6.03 Å². The monoisotopic (exact) mass is 280 g/mol. The molecule has 1 aliphatic rings. The zero-order chi connectivity index (χ0) is 14.7. The standard InChI is InChI=1S/C18H20N2O/c1-14-7-9-17(10-8-14)19-18(21)20-12-11-16(13-20)15-5-3-2-4-6-15/h2-10,16H,11-13H2,1H3,(H,19,21). The van der Waals surface area contributed by atoms with E-state index in [0.717, 1.165) is 25.2 Å². The number of carbonyl (C=O) groups excluding carboxylic acids is 1. The fourth-order valence-corrected chi connectivity index (χ4v) is 2.78. The molecule has 3 heteroatoms. The molecular weight excluding hydrogens is 260 g/mol. The second-order valence-electron chi connectivity index (χ2n) is 5.64. The first-order valence-corrected chi connectivity index (χ1v) is 7.40. The highest BCUT2D eigenvalue weighted by Gasteiger charge is 2.27. The molecule has 1 saturated heterocycles. The van der Waals surface area contributed by atoms with Gasteiger partial charge in [0.1, 0.15) is 0 Å². The Morgan fingerprint density at radius 2 is 1.81 bits per heavy atom.